The van der Waals surface area contributed by atoms with E-state index in [1.165, 1.54) is 32.1 Å². The van der Waals surface area contributed by atoms with Gasteiger partial charge in [-0.05, 0) is 50.4 Å². The van der Waals surface area contributed by atoms with Gasteiger partial charge in [-0.25, -0.2) is 9.97 Å². The first kappa shape index (κ1) is 23.1. The summed E-state index contributed by atoms with van der Waals surface area (Å²) in [7, 11) is 0. The summed E-state index contributed by atoms with van der Waals surface area (Å²) in [4.78, 5) is 20.3. The molecule has 1 fully saturated rings. The number of nitrogens with two attached hydrogens (primary N) is 1. The van der Waals surface area contributed by atoms with Crippen LogP contribution < -0.4 is 5.73 Å². The highest BCUT2D eigenvalue weighted by Crippen LogP contribution is 2.38. The normalized spacial score (nSPS) is 16.1. The molecule has 182 valence electrons. The van der Waals surface area contributed by atoms with Crippen molar-refractivity contribution in [2.75, 3.05) is 25.4 Å². The molecular formula is C25H31N9O. The molecule has 0 bridgehead atoms. The predicted molar refractivity (Wildman–Crippen MR) is 132 cm³/mol. The molecule has 0 aromatic carbocycles. The number of pyridine rings is 1. The van der Waals surface area contributed by atoms with E-state index in [9.17, 15) is 0 Å². The van der Waals surface area contributed by atoms with Crippen LogP contribution in [0.3, 0.4) is 0 Å². The molecule has 4 aromatic heterocycles. The maximum absolute atomic E-state index is 5.69. The van der Waals surface area contributed by atoms with Crippen molar-refractivity contribution in [3.05, 3.63) is 54.5 Å². The molecule has 5 heterocycles. The molecule has 0 unspecified atom stereocenters. The summed E-state index contributed by atoms with van der Waals surface area (Å²) in [6.45, 7) is 10.6. The minimum atomic E-state index is -0.494. The highest BCUT2D eigenvalue weighted by molar-refractivity contribution is 5.54. The average Bonchev–Trinajstić information content (AvgIpc) is 3.64. The van der Waals surface area contributed by atoms with Crippen LogP contribution in [0.4, 0.5) is 5.82 Å². The number of aromatic nitrogens is 7. The van der Waals surface area contributed by atoms with Crippen LogP contribution in [0.1, 0.15) is 45.0 Å². The van der Waals surface area contributed by atoms with Gasteiger partial charge in [-0.15, -0.1) is 0 Å². The predicted octanol–water partition coefficient (Wildman–Crippen LogP) is 3.43. The van der Waals surface area contributed by atoms with Crippen LogP contribution in [0.25, 0.3) is 22.8 Å². The molecule has 1 aliphatic rings. The Hall–Kier alpha value is -3.66. The van der Waals surface area contributed by atoms with Crippen LogP contribution in [0.2, 0.25) is 0 Å². The maximum Gasteiger partial charge on any atom is 0.261 e. The Morgan fingerprint density at radius 1 is 1.00 bits per heavy atom. The van der Waals surface area contributed by atoms with E-state index in [2.05, 4.69) is 50.9 Å². The highest BCUT2D eigenvalue weighted by atomic mass is 16.5. The fraction of sp³-hybridized carbons (Fsp3) is 0.440. The van der Waals surface area contributed by atoms with Crippen molar-refractivity contribution < 1.29 is 4.52 Å². The lowest BCUT2D eigenvalue weighted by Crippen LogP contribution is -2.31. The van der Waals surface area contributed by atoms with E-state index in [-0.39, 0.29) is 5.92 Å². The summed E-state index contributed by atoms with van der Waals surface area (Å²) in [6.07, 6.45) is 11.3. The molecular weight excluding hydrogens is 442 g/mol. The van der Waals surface area contributed by atoms with Crippen molar-refractivity contribution >= 4 is 5.82 Å². The fourth-order valence-corrected chi connectivity index (χ4v) is 4.44. The summed E-state index contributed by atoms with van der Waals surface area (Å²) in [5, 5.41) is 8.87. The molecule has 0 amide bonds. The van der Waals surface area contributed by atoms with E-state index in [1.807, 2.05) is 29.2 Å². The van der Waals surface area contributed by atoms with Crippen LogP contribution in [0, 0.1) is 5.92 Å². The molecule has 10 nitrogen and oxygen atoms in total. The zero-order chi connectivity index (χ0) is 24.4. The zero-order valence-corrected chi connectivity index (χ0v) is 20.4. The van der Waals surface area contributed by atoms with Gasteiger partial charge in [0.05, 0.1) is 41.8 Å². The van der Waals surface area contributed by atoms with Gasteiger partial charge in [-0.2, -0.15) is 10.1 Å². The molecule has 1 saturated heterocycles. The minimum Gasteiger partial charge on any atom is -0.382 e. The van der Waals surface area contributed by atoms with Gasteiger partial charge in [0.1, 0.15) is 11.5 Å². The van der Waals surface area contributed by atoms with Gasteiger partial charge in [0.2, 0.25) is 0 Å². The van der Waals surface area contributed by atoms with Crippen molar-refractivity contribution in [2.24, 2.45) is 5.92 Å². The summed E-state index contributed by atoms with van der Waals surface area (Å²) < 4.78 is 7.64. The molecule has 1 aliphatic heterocycles. The third-order valence-corrected chi connectivity index (χ3v) is 7.07. The standard InChI is InChI=1S/C25H31N9O/c1-17(2)25(3,19-6-7-20(27-13-19)21-14-29-22(26)15-28-21)24-31-23(35-32-24)18-12-30-34(16-18)11-10-33-8-4-5-9-33/h6-7,12-17H,4-5,8-11H2,1-3H3,(H2,26,29)/t25-/m1/s1. The van der Waals surface area contributed by atoms with E-state index in [1.54, 1.807) is 12.4 Å². The monoisotopic (exact) mass is 473 g/mol. The SMILES string of the molecule is CC(C)[C@](C)(c1ccc(-c2cnc(N)cn2)nc1)c1noc(-c2cnn(CCN3CCCC3)c2)n1. The van der Waals surface area contributed by atoms with Crippen molar-refractivity contribution in [3.8, 4) is 22.8 Å². The van der Waals surface area contributed by atoms with Gasteiger partial charge in [0, 0.05) is 18.9 Å². The number of rotatable bonds is 8. The molecule has 1 atom stereocenters. The Morgan fingerprint density at radius 3 is 2.49 bits per heavy atom. The Balaban J connectivity index is 1.36. The topological polar surface area (TPSA) is 125 Å². The summed E-state index contributed by atoms with van der Waals surface area (Å²) in [5.74, 6) is 1.66. The second kappa shape index (κ2) is 9.53. The maximum atomic E-state index is 5.69. The van der Waals surface area contributed by atoms with Crippen LogP contribution in [0.15, 0.2) is 47.6 Å². The van der Waals surface area contributed by atoms with Crippen LogP contribution in [-0.2, 0) is 12.0 Å². The smallest absolute Gasteiger partial charge is 0.261 e. The number of hydrogen-bond donors (Lipinski definition) is 1. The molecule has 0 radical (unpaired) electrons. The van der Waals surface area contributed by atoms with Gasteiger partial charge in [-0.1, -0.05) is 25.1 Å². The van der Waals surface area contributed by atoms with Crippen LogP contribution in [-0.4, -0.2) is 59.4 Å². The first-order chi connectivity index (χ1) is 16.9. The van der Waals surface area contributed by atoms with E-state index < -0.39 is 5.41 Å². The Bertz CT molecular complexity index is 1260. The van der Waals surface area contributed by atoms with E-state index >= 15 is 0 Å². The van der Waals surface area contributed by atoms with Crippen LogP contribution >= 0.6 is 0 Å². The Labute approximate surface area is 204 Å². The number of hydrogen-bond acceptors (Lipinski definition) is 9. The van der Waals surface area contributed by atoms with Gasteiger partial charge in [0.15, 0.2) is 5.82 Å². The third-order valence-electron chi connectivity index (χ3n) is 7.07. The van der Waals surface area contributed by atoms with Crippen molar-refractivity contribution in [1.29, 1.82) is 0 Å². The molecule has 0 spiro atoms. The second-order valence-electron chi connectivity index (χ2n) is 9.58. The number of nitrogen functional groups attached to an aromatic ring is 1. The summed E-state index contributed by atoms with van der Waals surface area (Å²) >= 11 is 0. The van der Waals surface area contributed by atoms with Gasteiger partial charge < -0.3 is 15.2 Å². The Morgan fingerprint density at radius 2 is 1.80 bits per heavy atom. The molecule has 2 N–H and O–H groups in total. The second-order valence-corrected chi connectivity index (χ2v) is 9.58. The average molecular weight is 474 g/mol. The van der Waals surface area contributed by atoms with Gasteiger partial charge >= 0.3 is 0 Å². The van der Waals surface area contributed by atoms with Crippen LogP contribution in [0.5, 0.6) is 0 Å². The highest BCUT2D eigenvalue weighted by Gasteiger charge is 2.38. The summed E-state index contributed by atoms with van der Waals surface area (Å²) in [6, 6.07) is 3.97. The lowest BCUT2D eigenvalue weighted by molar-refractivity contribution is 0.316. The number of nitrogens with zero attached hydrogens (tertiary/aromatic N) is 8. The van der Waals surface area contributed by atoms with Crippen molar-refractivity contribution in [1.82, 2.24) is 39.8 Å². The molecule has 4 aromatic rings. The first-order valence-corrected chi connectivity index (χ1v) is 12.1. The fourth-order valence-electron chi connectivity index (χ4n) is 4.44. The first-order valence-electron chi connectivity index (χ1n) is 12.1. The minimum absolute atomic E-state index is 0.195. The lowest BCUT2D eigenvalue weighted by Gasteiger charge is -2.30. The lowest BCUT2D eigenvalue weighted by atomic mass is 9.73. The zero-order valence-electron chi connectivity index (χ0n) is 20.4. The Kier molecular flexibility index (Phi) is 6.29. The number of anilines is 1. The van der Waals surface area contributed by atoms with E-state index in [0.29, 0.717) is 23.2 Å². The largest absolute Gasteiger partial charge is 0.382 e. The quantitative estimate of drug-likeness (QED) is 0.410. The molecule has 0 aliphatic carbocycles. The molecule has 5 rings (SSSR count). The molecule has 35 heavy (non-hydrogen) atoms. The number of likely N-dealkylation sites (tertiary alicyclic amines) is 1. The molecule has 0 saturated carbocycles. The summed E-state index contributed by atoms with van der Waals surface area (Å²) in [5.41, 5.74) is 8.36. The van der Waals surface area contributed by atoms with Gasteiger partial charge in [-0.3, -0.25) is 9.67 Å². The van der Waals surface area contributed by atoms with Gasteiger partial charge in [0.25, 0.3) is 5.89 Å². The van der Waals surface area contributed by atoms with Crippen molar-refractivity contribution in [3.63, 3.8) is 0 Å². The molecule has 10 heteroatoms. The third kappa shape index (κ3) is 4.66. The van der Waals surface area contributed by atoms with E-state index in [0.717, 1.165) is 29.9 Å². The van der Waals surface area contributed by atoms with Crippen molar-refractivity contribution in [2.45, 2.75) is 45.6 Å². The van der Waals surface area contributed by atoms with E-state index in [4.69, 9.17) is 15.2 Å².